The molecule has 0 aromatic heterocycles. The number of hydrogen-bond donors (Lipinski definition) is 1. The van der Waals surface area contributed by atoms with Crippen molar-refractivity contribution in [2.24, 2.45) is 5.41 Å². The van der Waals surface area contributed by atoms with Crippen LogP contribution in [0.4, 0.5) is 0 Å². The lowest BCUT2D eigenvalue weighted by atomic mass is 9.65. The minimum absolute atomic E-state index is 0.0792. The lowest BCUT2D eigenvalue weighted by Crippen LogP contribution is -2.61. The van der Waals surface area contributed by atoms with E-state index in [1.165, 1.54) is 6.07 Å². The van der Waals surface area contributed by atoms with Gasteiger partial charge in [0.25, 0.3) is 0 Å². The van der Waals surface area contributed by atoms with Gasteiger partial charge in [-0.3, -0.25) is 0 Å². The van der Waals surface area contributed by atoms with Gasteiger partial charge in [-0.1, -0.05) is 41.4 Å². The Balaban J connectivity index is 2.16. The molecule has 1 saturated carbocycles. The molecular weight excluding hydrogens is 378 g/mol. The molecule has 0 heterocycles. The fourth-order valence-corrected chi connectivity index (χ4v) is 4.96. The molecule has 0 saturated heterocycles. The normalized spacial score (nSPS) is 24.6. The summed E-state index contributed by atoms with van der Waals surface area (Å²) in [7, 11) is -3.64. The molecule has 118 valence electrons. The Hall–Kier alpha value is -0.140. The third-order valence-electron chi connectivity index (χ3n) is 4.03. The van der Waals surface area contributed by atoms with E-state index in [4.69, 9.17) is 16.3 Å². The minimum atomic E-state index is -3.64. The first kappa shape index (κ1) is 17.2. The second kappa shape index (κ2) is 6.16. The molecule has 1 aromatic rings. The van der Waals surface area contributed by atoms with Gasteiger partial charge in [0.1, 0.15) is 4.90 Å². The lowest BCUT2D eigenvalue weighted by Gasteiger charge is -2.51. The van der Waals surface area contributed by atoms with Crippen LogP contribution in [0, 0.1) is 5.41 Å². The maximum absolute atomic E-state index is 12.5. The number of hydrogen-bond acceptors (Lipinski definition) is 3. The summed E-state index contributed by atoms with van der Waals surface area (Å²) in [5, 5.41) is 0.204. The van der Waals surface area contributed by atoms with Gasteiger partial charge in [0.05, 0.1) is 11.1 Å². The Morgan fingerprint density at radius 1 is 1.48 bits per heavy atom. The van der Waals surface area contributed by atoms with E-state index in [0.717, 1.165) is 4.47 Å². The van der Waals surface area contributed by atoms with Crippen LogP contribution >= 0.6 is 27.5 Å². The predicted octanol–water partition coefficient (Wildman–Crippen LogP) is 3.58. The average Bonchev–Trinajstić information content (AvgIpc) is 2.37. The first-order chi connectivity index (χ1) is 9.68. The molecule has 1 fully saturated rings. The van der Waals surface area contributed by atoms with Crippen LogP contribution in [0.2, 0.25) is 5.02 Å². The number of nitrogens with one attached hydrogen (secondary N) is 1. The van der Waals surface area contributed by atoms with Crippen molar-refractivity contribution in [1.82, 2.24) is 4.72 Å². The minimum Gasteiger partial charge on any atom is -0.378 e. The van der Waals surface area contributed by atoms with Crippen LogP contribution in [0.3, 0.4) is 0 Å². The van der Waals surface area contributed by atoms with E-state index >= 15 is 0 Å². The van der Waals surface area contributed by atoms with Crippen molar-refractivity contribution in [2.75, 3.05) is 6.61 Å². The highest BCUT2D eigenvalue weighted by Crippen LogP contribution is 2.43. The van der Waals surface area contributed by atoms with E-state index in [9.17, 15) is 8.42 Å². The number of halogens is 2. The summed E-state index contributed by atoms with van der Waals surface area (Å²) in [5.74, 6) is 0. The van der Waals surface area contributed by atoms with E-state index < -0.39 is 10.0 Å². The molecule has 1 aliphatic rings. The molecule has 1 aliphatic carbocycles. The summed E-state index contributed by atoms with van der Waals surface area (Å²) < 4.78 is 34.0. The van der Waals surface area contributed by atoms with Crippen molar-refractivity contribution in [3.63, 3.8) is 0 Å². The second-order valence-corrected chi connectivity index (χ2v) is 8.75. The molecule has 1 aromatic carbocycles. The smallest absolute Gasteiger partial charge is 0.242 e. The summed E-state index contributed by atoms with van der Waals surface area (Å²) in [4.78, 5) is 0.100. The van der Waals surface area contributed by atoms with Crippen LogP contribution in [0.1, 0.15) is 27.2 Å². The highest BCUT2D eigenvalue weighted by atomic mass is 79.9. The van der Waals surface area contributed by atoms with Gasteiger partial charge in [0.2, 0.25) is 10.0 Å². The Labute approximate surface area is 139 Å². The van der Waals surface area contributed by atoms with Gasteiger partial charge in [-0.05, 0) is 31.5 Å². The van der Waals surface area contributed by atoms with Gasteiger partial charge in [-0.25, -0.2) is 13.1 Å². The SMILES string of the molecule is CCOC1CC(NS(=O)(=O)c2ccc(Br)cc2Cl)C1(C)C. The topological polar surface area (TPSA) is 55.4 Å². The highest BCUT2D eigenvalue weighted by Gasteiger charge is 2.50. The molecule has 0 aliphatic heterocycles. The average molecular weight is 397 g/mol. The molecule has 0 spiro atoms. The van der Waals surface area contributed by atoms with Crippen molar-refractivity contribution in [2.45, 2.75) is 44.2 Å². The zero-order chi connectivity index (χ0) is 15.8. The number of sulfonamides is 1. The van der Waals surface area contributed by atoms with Crippen LogP contribution in [0.25, 0.3) is 0 Å². The zero-order valence-corrected chi connectivity index (χ0v) is 15.3. The lowest BCUT2D eigenvalue weighted by molar-refractivity contribution is -0.108. The molecule has 2 atom stereocenters. The Morgan fingerprint density at radius 3 is 2.67 bits per heavy atom. The van der Waals surface area contributed by atoms with Gasteiger partial charge in [-0.2, -0.15) is 0 Å². The largest absolute Gasteiger partial charge is 0.378 e. The highest BCUT2D eigenvalue weighted by molar-refractivity contribution is 9.10. The van der Waals surface area contributed by atoms with Crippen molar-refractivity contribution in [3.05, 3.63) is 27.7 Å². The standard InChI is InChI=1S/C14H19BrClNO3S/c1-4-20-13-8-12(14(13,2)3)17-21(18,19)11-6-5-9(15)7-10(11)16/h5-7,12-13,17H,4,8H2,1-3H3. The van der Waals surface area contributed by atoms with E-state index in [2.05, 4.69) is 20.7 Å². The molecule has 21 heavy (non-hydrogen) atoms. The van der Waals surface area contributed by atoms with Crippen LogP contribution in [-0.2, 0) is 14.8 Å². The van der Waals surface area contributed by atoms with Gasteiger partial charge in [0.15, 0.2) is 0 Å². The molecule has 7 heteroatoms. The monoisotopic (exact) mass is 395 g/mol. The van der Waals surface area contributed by atoms with Crippen LogP contribution in [-0.4, -0.2) is 27.2 Å². The van der Waals surface area contributed by atoms with E-state index in [0.29, 0.717) is 13.0 Å². The number of benzene rings is 1. The third kappa shape index (κ3) is 3.45. The first-order valence-corrected chi connectivity index (χ1v) is 9.43. The van der Waals surface area contributed by atoms with Crippen LogP contribution < -0.4 is 4.72 Å². The Morgan fingerprint density at radius 2 is 2.14 bits per heavy atom. The molecule has 2 unspecified atom stereocenters. The molecule has 0 amide bonds. The summed E-state index contributed by atoms with van der Waals surface area (Å²) >= 11 is 9.30. The molecule has 1 N–H and O–H groups in total. The summed E-state index contributed by atoms with van der Waals surface area (Å²) in [5.41, 5.74) is -0.231. The Bertz CT molecular complexity index is 633. The van der Waals surface area contributed by atoms with E-state index in [-0.39, 0.29) is 27.5 Å². The van der Waals surface area contributed by atoms with E-state index in [1.807, 2.05) is 20.8 Å². The van der Waals surface area contributed by atoms with E-state index in [1.54, 1.807) is 12.1 Å². The second-order valence-electron chi connectivity index (χ2n) is 5.75. The quantitative estimate of drug-likeness (QED) is 0.827. The van der Waals surface area contributed by atoms with Gasteiger partial charge in [-0.15, -0.1) is 0 Å². The van der Waals surface area contributed by atoms with Gasteiger partial charge in [0, 0.05) is 22.5 Å². The maximum Gasteiger partial charge on any atom is 0.242 e. The molecular formula is C14H19BrClNO3S. The molecule has 0 bridgehead atoms. The Kier molecular flexibility index (Phi) is 5.05. The molecule has 2 rings (SSSR count). The van der Waals surface area contributed by atoms with Gasteiger partial charge >= 0.3 is 0 Å². The first-order valence-electron chi connectivity index (χ1n) is 6.77. The van der Waals surface area contributed by atoms with Crippen LogP contribution in [0.5, 0.6) is 0 Å². The van der Waals surface area contributed by atoms with Gasteiger partial charge < -0.3 is 4.74 Å². The van der Waals surface area contributed by atoms with Crippen molar-refractivity contribution < 1.29 is 13.2 Å². The van der Waals surface area contributed by atoms with Crippen molar-refractivity contribution >= 4 is 37.6 Å². The fraction of sp³-hybridized carbons (Fsp3) is 0.571. The predicted molar refractivity (Wildman–Crippen MR) is 87.1 cm³/mol. The number of ether oxygens (including phenoxy) is 1. The summed E-state index contributed by atoms with van der Waals surface area (Å²) in [6.45, 7) is 6.59. The number of rotatable bonds is 5. The zero-order valence-electron chi connectivity index (χ0n) is 12.2. The van der Waals surface area contributed by atoms with Crippen molar-refractivity contribution in [1.29, 1.82) is 0 Å². The van der Waals surface area contributed by atoms with Crippen molar-refractivity contribution in [3.8, 4) is 0 Å². The third-order valence-corrected chi connectivity index (χ3v) is 6.47. The van der Waals surface area contributed by atoms with Crippen LogP contribution in [0.15, 0.2) is 27.6 Å². The molecule has 4 nitrogen and oxygen atoms in total. The fourth-order valence-electron chi connectivity index (χ4n) is 2.51. The summed E-state index contributed by atoms with van der Waals surface area (Å²) in [6, 6.07) is 4.58. The molecule has 0 radical (unpaired) electrons. The maximum atomic E-state index is 12.5. The summed E-state index contributed by atoms with van der Waals surface area (Å²) in [6.07, 6.45) is 0.754.